The van der Waals surface area contributed by atoms with Gasteiger partial charge in [0.2, 0.25) is 0 Å². The summed E-state index contributed by atoms with van der Waals surface area (Å²) < 4.78 is 49.4. The molecule has 0 radical (unpaired) electrons. The number of hydrogen-bond donors (Lipinski definition) is 2. The second-order valence-corrected chi connectivity index (χ2v) is 8.08. The Morgan fingerprint density at radius 2 is 1.60 bits per heavy atom. The van der Waals surface area contributed by atoms with Crippen LogP contribution in [0.25, 0.3) is 0 Å². The van der Waals surface area contributed by atoms with Gasteiger partial charge in [-0.3, -0.25) is 9.59 Å². The predicted octanol–water partition coefficient (Wildman–Crippen LogP) is 6.68. The highest BCUT2D eigenvalue weighted by molar-refractivity contribution is 6.33. The van der Waals surface area contributed by atoms with Gasteiger partial charge < -0.3 is 20.1 Å². The summed E-state index contributed by atoms with van der Waals surface area (Å²) in [5.74, 6) is -0.362. The summed E-state index contributed by atoms with van der Waals surface area (Å²) in [5.41, 5.74) is -0.346. The first-order valence-electron chi connectivity index (χ1n) is 10.1. The van der Waals surface area contributed by atoms with Crippen LogP contribution in [0.3, 0.4) is 0 Å². The van der Waals surface area contributed by atoms with Crippen LogP contribution in [0.15, 0.2) is 60.7 Å². The van der Waals surface area contributed by atoms with Gasteiger partial charge in [0, 0.05) is 11.3 Å². The number of ether oxygens (including phenoxy) is 2. The van der Waals surface area contributed by atoms with E-state index in [1.54, 1.807) is 18.2 Å². The summed E-state index contributed by atoms with van der Waals surface area (Å²) in [4.78, 5) is 24.9. The number of rotatable bonds is 7. The van der Waals surface area contributed by atoms with E-state index in [0.717, 1.165) is 18.2 Å². The number of carbonyl (C=O) groups excluding carboxylic acids is 2. The van der Waals surface area contributed by atoms with Crippen molar-refractivity contribution in [2.45, 2.75) is 19.2 Å². The predicted molar refractivity (Wildman–Crippen MR) is 128 cm³/mol. The van der Waals surface area contributed by atoms with E-state index >= 15 is 0 Å². The molecule has 184 valence electrons. The van der Waals surface area contributed by atoms with Gasteiger partial charge in [0.05, 0.1) is 28.4 Å². The highest BCUT2D eigenvalue weighted by Crippen LogP contribution is 2.34. The second kappa shape index (κ2) is 10.9. The molecule has 0 saturated heterocycles. The molecule has 3 aromatic carbocycles. The lowest BCUT2D eigenvalue weighted by Gasteiger charge is -2.16. The van der Waals surface area contributed by atoms with Crippen LogP contribution in [0, 0.1) is 0 Å². The SMILES string of the molecule is COc1ccc(NC(=O)c2ccc(OC(C)C(=O)Nc3cc(C(F)(F)F)ccc3Cl)cc2)cc1Cl. The van der Waals surface area contributed by atoms with E-state index in [9.17, 15) is 22.8 Å². The van der Waals surface area contributed by atoms with E-state index in [1.807, 2.05) is 0 Å². The lowest BCUT2D eigenvalue weighted by Crippen LogP contribution is -2.30. The number of methoxy groups -OCH3 is 1. The van der Waals surface area contributed by atoms with Gasteiger partial charge in [0.1, 0.15) is 11.5 Å². The van der Waals surface area contributed by atoms with E-state index in [1.165, 1.54) is 38.3 Å². The largest absolute Gasteiger partial charge is 0.495 e. The molecule has 0 aromatic heterocycles. The molecule has 1 atom stereocenters. The zero-order chi connectivity index (χ0) is 25.8. The van der Waals surface area contributed by atoms with E-state index < -0.39 is 29.7 Å². The van der Waals surface area contributed by atoms with E-state index in [0.29, 0.717) is 22.0 Å². The molecule has 0 spiro atoms. The van der Waals surface area contributed by atoms with E-state index in [-0.39, 0.29) is 16.5 Å². The first-order valence-corrected chi connectivity index (χ1v) is 10.8. The van der Waals surface area contributed by atoms with Crippen LogP contribution in [-0.2, 0) is 11.0 Å². The van der Waals surface area contributed by atoms with Gasteiger partial charge in [-0.25, -0.2) is 0 Å². The average Bonchev–Trinajstić information content (AvgIpc) is 2.80. The molecule has 0 heterocycles. The Morgan fingerprint density at radius 3 is 2.20 bits per heavy atom. The van der Waals surface area contributed by atoms with Gasteiger partial charge in [-0.15, -0.1) is 0 Å². The Balaban J connectivity index is 1.61. The molecule has 35 heavy (non-hydrogen) atoms. The molecular weight excluding hydrogens is 508 g/mol. The van der Waals surface area contributed by atoms with Crippen molar-refractivity contribution in [3.63, 3.8) is 0 Å². The molecule has 0 saturated carbocycles. The molecule has 0 fully saturated rings. The van der Waals surface area contributed by atoms with Crippen molar-refractivity contribution < 1.29 is 32.2 Å². The second-order valence-electron chi connectivity index (χ2n) is 7.27. The van der Waals surface area contributed by atoms with Crippen molar-refractivity contribution in [3.8, 4) is 11.5 Å². The van der Waals surface area contributed by atoms with Crippen LogP contribution < -0.4 is 20.1 Å². The van der Waals surface area contributed by atoms with Crippen molar-refractivity contribution in [1.82, 2.24) is 0 Å². The average molecular weight is 527 g/mol. The third kappa shape index (κ3) is 6.80. The third-order valence-electron chi connectivity index (χ3n) is 4.76. The minimum atomic E-state index is -4.58. The van der Waals surface area contributed by atoms with Crippen molar-refractivity contribution in [1.29, 1.82) is 0 Å². The Kier molecular flexibility index (Phi) is 8.14. The van der Waals surface area contributed by atoms with Gasteiger partial charge in [-0.05, 0) is 67.6 Å². The molecule has 6 nitrogen and oxygen atoms in total. The summed E-state index contributed by atoms with van der Waals surface area (Å²) in [6.07, 6.45) is -5.65. The minimum absolute atomic E-state index is 0.0490. The number of benzene rings is 3. The van der Waals surface area contributed by atoms with Crippen LogP contribution in [0.1, 0.15) is 22.8 Å². The van der Waals surface area contributed by atoms with Crippen molar-refractivity contribution >= 4 is 46.4 Å². The number of halogens is 5. The lowest BCUT2D eigenvalue weighted by molar-refractivity contribution is -0.137. The van der Waals surface area contributed by atoms with E-state index in [2.05, 4.69) is 10.6 Å². The zero-order valence-electron chi connectivity index (χ0n) is 18.4. The Labute approximate surface area is 208 Å². The van der Waals surface area contributed by atoms with Gasteiger partial charge in [-0.1, -0.05) is 23.2 Å². The lowest BCUT2D eigenvalue weighted by atomic mass is 10.2. The molecule has 0 aliphatic heterocycles. The molecule has 3 rings (SSSR count). The van der Waals surface area contributed by atoms with Gasteiger partial charge >= 0.3 is 6.18 Å². The Bertz CT molecular complexity index is 1230. The number of carbonyl (C=O) groups is 2. The first-order chi connectivity index (χ1) is 16.5. The Morgan fingerprint density at radius 1 is 0.914 bits per heavy atom. The van der Waals surface area contributed by atoms with Crippen molar-refractivity contribution in [2.24, 2.45) is 0 Å². The highest BCUT2D eigenvalue weighted by atomic mass is 35.5. The van der Waals surface area contributed by atoms with Crippen LogP contribution >= 0.6 is 23.2 Å². The molecule has 11 heteroatoms. The number of alkyl halides is 3. The summed E-state index contributed by atoms with van der Waals surface area (Å²) in [7, 11) is 1.48. The number of amides is 2. The number of anilines is 2. The normalized spacial score (nSPS) is 12.0. The molecule has 1 unspecified atom stereocenters. The highest BCUT2D eigenvalue weighted by Gasteiger charge is 2.31. The fourth-order valence-electron chi connectivity index (χ4n) is 2.92. The van der Waals surface area contributed by atoms with Crippen LogP contribution in [0.5, 0.6) is 11.5 Å². The molecule has 0 aliphatic rings. The van der Waals surface area contributed by atoms with Gasteiger partial charge in [0.25, 0.3) is 11.8 Å². The summed E-state index contributed by atoms with van der Waals surface area (Å²) in [6.45, 7) is 1.42. The van der Waals surface area contributed by atoms with E-state index in [4.69, 9.17) is 32.7 Å². The fraction of sp³-hybridized carbons (Fsp3) is 0.167. The quantitative estimate of drug-likeness (QED) is 0.360. The number of nitrogens with one attached hydrogen (secondary N) is 2. The molecule has 3 aromatic rings. The number of hydrogen-bond acceptors (Lipinski definition) is 4. The molecule has 0 aliphatic carbocycles. The standard InChI is InChI=1S/C24H19Cl2F3N2O4/c1-13(22(32)31-20-11-15(24(27,28)29)5-9-18(20)25)35-17-7-3-14(4-8-17)23(33)30-16-6-10-21(34-2)19(26)12-16/h3-13H,1-2H3,(H,30,33)(H,31,32). The monoisotopic (exact) mass is 526 g/mol. The van der Waals surface area contributed by atoms with Crippen LogP contribution in [0.4, 0.5) is 24.5 Å². The van der Waals surface area contributed by atoms with Gasteiger partial charge in [0.15, 0.2) is 6.10 Å². The summed E-state index contributed by atoms with van der Waals surface area (Å²) in [5, 5.41) is 5.32. The van der Waals surface area contributed by atoms with Crippen molar-refractivity contribution in [2.75, 3.05) is 17.7 Å². The zero-order valence-corrected chi connectivity index (χ0v) is 19.9. The smallest absolute Gasteiger partial charge is 0.416 e. The molecule has 2 N–H and O–H groups in total. The van der Waals surface area contributed by atoms with Gasteiger partial charge in [-0.2, -0.15) is 13.2 Å². The molecule has 0 bridgehead atoms. The first kappa shape index (κ1) is 26.2. The molecule has 2 amide bonds. The van der Waals surface area contributed by atoms with Crippen LogP contribution in [-0.4, -0.2) is 25.0 Å². The summed E-state index contributed by atoms with van der Waals surface area (Å²) >= 11 is 12.0. The van der Waals surface area contributed by atoms with Crippen LogP contribution in [0.2, 0.25) is 10.0 Å². The topological polar surface area (TPSA) is 76.7 Å². The maximum Gasteiger partial charge on any atom is 0.416 e. The molecular formula is C24H19Cl2F3N2O4. The fourth-order valence-corrected chi connectivity index (χ4v) is 3.34. The third-order valence-corrected chi connectivity index (χ3v) is 5.38. The Hall–Kier alpha value is -3.43. The van der Waals surface area contributed by atoms with Crippen molar-refractivity contribution in [3.05, 3.63) is 81.8 Å². The maximum atomic E-state index is 12.9. The summed E-state index contributed by atoms with van der Waals surface area (Å²) in [6, 6.07) is 13.4. The minimum Gasteiger partial charge on any atom is -0.495 e. The maximum absolute atomic E-state index is 12.9.